The summed E-state index contributed by atoms with van der Waals surface area (Å²) < 4.78 is 67.3. The number of benzene rings is 3. The normalized spacial score (nSPS) is 13.4. The van der Waals surface area contributed by atoms with E-state index in [0.717, 1.165) is 27.9 Å². The molecule has 5 aromatic rings. The summed E-state index contributed by atoms with van der Waals surface area (Å²) in [6, 6.07) is 14.4. The van der Waals surface area contributed by atoms with Gasteiger partial charge in [0.1, 0.15) is 0 Å². The van der Waals surface area contributed by atoms with Gasteiger partial charge in [-0.05, 0) is 24.3 Å². The monoisotopic (exact) mass is 374 g/mol. The van der Waals surface area contributed by atoms with E-state index < -0.39 is 17.7 Å². The van der Waals surface area contributed by atoms with Crippen LogP contribution in [0.25, 0.3) is 43.6 Å². The van der Waals surface area contributed by atoms with E-state index in [4.69, 9.17) is 0 Å². The molecule has 0 aliphatic heterocycles. The molecule has 136 valence electrons. The van der Waals surface area contributed by atoms with Crippen molar-refractivity contribution in [2.24, 2.45) is 0 Å². The highest BCUT2D eigenvalue weighted by Gasteiger charge is 2.59. The van der Waals surface area contributed by atoms with Gasteiger partial charge in [0.2, 0.25) is 0 Å². The van der Waals surface area contributed by atoms with Crippen molar-refractivity contribution >= 4 is 43.6 Å². The van der Waals surface area contributed by atoms with E-state index in [-0.39, 0.29) is 10.9 Å². The van der Waals surface area contributed by atoms with Gasteiger partial charge >= 0.3 is 12.1 Å². The molecule has 7 heteroatoms. The number of nitrogens with one attached hydrogen (secondary N) is 2. The minimum Gasteiger partial charge on any atom is -0.354 e. The predicted octanol–water partition coefficient (Wildman–Crippen LogP) is 6.61. The zero-order valence-electron chi connectivity index (χ0n) is 13.6. The van der Waals surface area contributed by atoms with Crippen molar-refractivity contribution in [1.82, 2.24) is 9.97 Å². The Morgan fingerprint density at radius 3 is 2.04 bits per heavy atom. The minimum absolute atomic E-state index is 0.109. The van der Waals surface area contributed by atoms with Crippen molar-refractivity contribution in [3.63, 3.8) is 0 Å². The van der Waals surface area contributed by atoms with Gasteiger partial charge in [-0.3, -0.25) is 0 Å². The van der Waals surface area contributed by atoms with Gasteiger partial charge in [0, 0.05) is 49.2 Å². The van der Waals surface area contributed by atoms with E-state index >= 15 is 0 Å². The molecule has 0 aliphatic carbocycles. The number of halogens is 5. The fraction of sp³-hybridized carbons (Fsp3) is 0.100. The molecule has 5 rings (SSSR count). The van der Waals surface area contributed by atoms with Crippen LogP contribution in [-0.2, 0) is 5.92 Å². The lowest BCUT2D eigenvalue weighted by Crippen LogP contribution is -2.33. The van der Waals surface area contributed by atoms with Crippen molar-refractivity contribution in [2.75, 3.05) is 0 Å². The van der Waals surface area contributed by atoms with Gasteiger partial charge in [-0.15, -0.1) is 0 Å². The lowest BCUT2D eigenvalue weighted by atomic mass is 9.99. The third-order valence-corrected chi connectivity index (χ3v) is 4.94. The number of aromatic amines is 2. The van der Waals surface area contributed by atoms with Crippen LogP contribution in [0.5, 0.6) is 0 Å². The lowest BCUT2D eigenvalue weighted by molar-refractivity contribution is -0.288. The van der Waals surface area contributed by atoms with E-state index in [1.54, 1.807) is 12.1 Å². The molecular weight excluding hydrogens is 363 g/mol. The van der Waals surface area contributed by atoms with E-state index in [0.29, 0.717) is 10.9 Å². The zero-order valence-corrected chi connectivity index (χ0v) is 13.6. The first kappa shape index (κ1) is 16.1. The Bertz CT molecular complexity index is 1340. The molecule has 0 atom stereocenters. The number of fused-ring (bicyclic) bond motifs is 6. The highest BCUT2D eigenvalue weighted by Crippen LogP contribution is 2.47. The van der Waals surface area contributed by atoms with Crippen LogP contribution in [0, 0.1) is 0 Å². The van der Waals surface area contributed by atoms with Crippen LogP contribution in [0.2, 0.25) is 0 Å². The van der Waals surface area contributed by atoms with E-state index in [2.05, 4.69) is 9.97 Å². The van der Waals surface area contributed by atoms with Crippen LogP contribution in [0.15, 0.2) is 54.6 Å². The molecule has 0 saturated heterocycles. The minimum atomic E-state index is -5.67. The molecule has 0 fully saturated rings. The zero-order chi connectivity index (χ0) is 19.0. The van der Waals surface area contributed by atoms with Crippen LogP contribution in [0.1, 0.15) is 5.56 Å². The molecule has 2 aromatic heterocycles. The molecule has 2 heterocycles. The fourth-order valence-electron chi connectivity index (χ4n) is 3.71. The summed E-state index contributed by atoms with van der Waals surface area (Å²) in [4.78, 5) is 6.19. The van der Waals surface area contributed by atoms with Gasteiger partial charge in [0.05, 0.1) is 0 Å². The Morgan fingerprint density at radius 2 is 1.26 bits per heavy atom. The van der Waals surface area contributed by atoms with Crippen LogP contribution in [0.3, 0.4) is 0 Å². The van der Waals surface area contributed by atoms with Crippen LogP contribution in [0.4, 0.5) is 22.0 Å². The Kier molecular flexibility index (Phi) is 2.98. The average Bonchev–Trinajstić information content (AvgIpc) is 3.15. The summed E-state index contributed by atoms with van der Waals surface area (Å²) in [5, 5.41) is 1.87. The number of para-hydroxylation sites is 1. The number of rotatable bonds is 1. The van der Waals surface area contributed by atoms with Crippen LogP contribution in [-0.4, -0.2) is 16.1 Å². The van der Waals surface area contributed by atoms with Gasteiger partial charge in [-0.2, -0.15) is 22.0 Å². The first-order valence-corrected chi connectivity index (χ1v) is 8.17. The molecule has 0 bridgehead atoms. The second kappa shape index (κ2) is 5.00. The highest BCUT2D eigenvalue weighted by atomic mass is 19.4. The van der Waals surface area contributed by atoms with Gasteiger partial charge in [-0.1, -0.05) is 30.3 Å². The summed E-state index contributed by atoms with van der Waals surface area (Å²) in [5.41, 5.74) is 1.33. The number of alkyl halides is 5. The summed E-state index contributed by atoms with van der Waals surface area (Å²) in [5.74, 6) is -4.95. The van der Waals surface area contributed by atoms with E-state index in [1.807, 2.05) is 24.3 Å². The van der Waals surface area contributed by atoms with Crippen molar-refractivity contribution in [2.45, 2.75) is 12.1 Å². The molecule has 0 radical (unpaired) electrons. The molecule has 3 aromatic carbocycles. The molecule has 0 unspecified atom stereocenters. The van der Waals surface area contributed by atoms with E-state index in [9.17, 15) is 22.0 Å². The molecule has 0 aliphatic rings. The number of hydrogen-bond donors (Lipinski definition) is 2. The van der Waals surface area contributed by atoms with Gasteiger partial charge < -0.3 is 9.97 Å². The average molecular weight is 374 g/mol. The van der Waals surface area contributed by atoms with E-state index in [1.165, 1.54) is 12.1 Å². The second-order valence-electron chi connectivity index (χ2n) is 6.54. The van der Waals surface area contributed by atoms with Gasteiger partial charge in [0.15, 0.2) is 0 Å². The fourth-order valence-corrected chi connectivity index (χ4v) is 3.71. The van der Waals surface area contributed by atoms with Gasteiger partial charge in [0.25, 0.3) is 0 Å². The maximum absolute atomic E-state index is 14.2. The largest absolute Gasteiger partial charge is 0.458 e. The molecule has 0 amide bonds. The van der Waals surface area contributed by atoms with Gasteiger partial charge in [-0.25, -0.2) is 0 Å². The molecule has 0 spiro atoms. The van der Waals surface area contributed by atoms with Crippen molar-refractivity contribution in [3.05, 3.63) is 60.2 Å². The number of H-pyrrole nitrogens is 2. The van der Waals surface area contributed by atoms with Crippen molar-refractivity contribution in [1.29, 1.82) is 0 Å². The third-order valence-electron chi connectivity index (χ3n) is 4.94. The van der Waals surface area contributed by atoms with Crippen molar-refractivity contribution in [3.8, 4) is 0 Å². The Balaban J connectivity index is 1.93. The maximum Gasteiger partial charge on any atom is 0.458 e. The molecule has 27 heavy (non-hydrogen) atoms. The molecule has 2 nitrogen and oxygen atoms in total. The summed E-state index contributed by atoms with van der Waals surface area (Å²) >= 11 is 0. The summed E-state index contributed by atoms with van der Waals surface area (Å²) in [6.07, 6.45) is -5.67. The quantitative estimate of drug-likeness (QED) is 0.310. The van der Waals surface area contributed by atoms with Crippen molar-refractivity contribution < 1.29 is 22.0 Å². The third kappa shape index (κ3) is 2.11. The summed E-state index contributed by atoms with van der Waals surface area (Å²) in [6.45, 7) is 0. The Hall–Kier alpha value is -3.09. The Morgan fingerprint density at radius 1 is 0.593 bits per heavy atom. The van der Waals surface area contributed by atoms with Crippen LogP contribution < -0.4 is 0 Å². The standard InChI is InChI=1S/C20H11F5N2/c21-19(22,20(23,24)25)13-5-3-7-15-18(13)12-8-11-10-4-1-2-6-14(10)26-16(11)9-17(12)27-15/h1-9,26-27H. The second-order valence-corrected chi connectivity index (χ2v) is 6.54. The first-order chi connectivity index (χ1) is 12.8. The molecule has 0 saturated carbocycles. The topological polar surface area (TPSA) is 31.6 Å². The first-order valence-electron chi connectivity index (χ1n) is 8.17. The number of hydrogen-bond acceptors (Lipinski definition) is 0. The smallest absolute Gasteiger partial charge is 0.354 e. The highest BCUT2D eigenvalue weighted by molar-refractivity contribution is 6.18. The maximum atomic E-state index is 14.2. The van der Waals surface area contributed by atoms with Crippen LogP contribution >= 0.6 is 0 Å². The lowest BCUT2D eigenvalue weighted by Gasteiger charge is -2.20. The molecule has 2 N–H and O–H groups in total. The summed E-state index contributed by atoms with van der Waals surface area (Å²) in [7, 11) is 0. The number of aromatic nitrogens is 2. The SMILES string of the molecule is FC(F)(F)C(F)(F)c1cccc2[nH]c3cc4[nH]c5ccccc5c4cc3c12. The Labute approximate surface area is 148 Å². The predicted molar refractivity (Wildman–Crippen MR) is 95.1 cm³/mol. The molecular formula is C20H11F5N2.